The summed E-state index contributed by atoms with van der Waals surface area (Å²) in [6.07, 6.45) is 3.35. The molecule has 1 rings (SSSR count). The van der Waals surface area contributed by atoms with Crippen LogP contribution in [0.2, 0.25) is 0 Å². The van der Waals surface area contributed by atoms with Crippen molar-refractivity contribution >= 4 is 11.3 Å². The molecule has 0 saturated heterocycles. The normalized spacial score (nSPS) is 12.3. The van der Waals surface area contributed by atoms with E-state index in [9.17, 15) is 10.2 Å². The molecule has 1 aromatic heterocycles. The summed E-state index contributed by atoms with van der Waals surface area (Å²) in [6.45, 7) is 4.26. The van der Waals surface area contributed by atoms with E-state index in [1.807, 2.05) is 6.20 Å². The highest BCUT2D eigenvalue weighted by Crippen LogP contribution is 2.31. The lowest BCUT2D eigenvalue weighted by Crippen LogP contribution is -2.33. The Balaban J connectivity index is 2.71. The van der Waals surface area contributed by atoms with Gasteiger partial charge in [0.2, 0.25) is 0 Å². The van der Waals surface area contributed by atoms with Crippen molar-refractivity contribution in [3.8, 4) is 0 Å². The van der Waals surface area contributed by atoms with Gasteiger partial charge in [-0.1, -0.05) is 13.8 Å². The van der Waals surface area contributed by atoms with Crippen molar-refractivity contribution in [1.82, 2.24) is 4.98 Å². The smallest absolute Gasteiger partial charge is 0.0794 e. The summed E-state index contributed by atoms with van der Waals surface area (Å²) < 4.78 is 0. The van der Waals surface area contributed by atoms with Gasteiger partial charge in [-0.25, -0.2) is 0 Å². The van der Waals surface area contributed by atoms with Crippen molar-refractivity contribution in [2.24, 2.45) is 11.3 Å². The van der Waals surface area contributed by atoms with Crippen LogP contribution in [0.1, 0.15) is 25.1 Å². The predicted octanol–water partition coefficient (Wildman–Crippen LogP) is 1.70. The summed E-state index contributed by atoms with van der Waals surface area (Å²) in [7, 11) is 0. The molecule has 0 aromatic carbocycles. The van der Waals surface area contributed by atoms with E-state index in [1.165, 1.54) is 0 Å². The molecule has 4 heteroatoms. The second-order valence-electron chi connectivity index (χ2n) is 4.56. The summed E-state index contributed by atoms with van der Waals surface area (Å²) in [4.78, 5) is 5.13. The molecule has 0 fully saturated rings. The van der Waals surface area contributed by atoms with Gasteiger partial charge in [-0.15, -0.1) is 11.3 Å². The number of aliphatic hydroxyl groups excluding tert-OH is 2. The quantitative estimate of drug-likeness (QED) is 0.780. The van der Waals surface area contributed by atoms with E-state index in [2.05, 4.69) is 18.8 Å². The Morgan fingerprint density at radius 2 is 2.07 bits per heavy atom. The fraction of sp³-hybridized carbons (Fsp3) is 0.727. The Kier molecular flexibility index (Phi) is 4.70. The maximum atomic E-state index is 9.45. The molecule has 0 atom stereocenters. The van der Waals surface area contributed by atoms with Crippen LogP contribution in [0, 0.1) is 11.3 Å². The van der Waals surface area contributed by atoms with Crippen LogP contribution < -0.4 is 0 Å². The lowest BCUT2D eigenvalue weighted by atomic mass is 9.78. The minimum atomic E-state index is -0.388. The Morgan fingerprint density at radius 3 is 2.47 bits per heavy atom. The van der Waals surface area contributed by atoms with E-state index < -0.39 is 0 Å². The molecule has 1 heterocycles. The second kappa shape index (κ2) is 5.58. The number of aromatic nitrogens is 1. The van der Waals surface area contributed by atoms with Crippen molar-refractivity contribution in [2.45, 2.75) is 26.7 Å². The van der Waals surface area contributed by atoms with Crippen molar-refractivity contribution in [2.75, 3.05) is 13.2 Å². The van der Waals surface area contributed by atoms with Crippen molar-refractivity contribution < 1.29 is 10.2 Å². The van der Waals surface area contributed by atoms with Crippen LogP contribution >= 0.6 is 11.3 Å². The van der Waals surface area contributed by atoms with Crippen LogP contribution in [0.3, 0.4) is 0 Å². The van der Waals surface area contributed by atoms with Crippen LogP contribution in [0.15, 0.2) is 11.7 Å². The molecule has 0 saturated carbocycles. The minimum absolute atomic E-state index is 0.0274. The molecule has 0 spiro atoms. The largest absolute Gasteiger partial charge is 0.396 e. The monoisotopic (exact) mass is 229 g/mol. The van der Waals surface area contributed by atoms with Gasteiger partial charge in [0.15, 0.2) is 0 Å². The summed E-state index contributed by atoms with van der Waals surface area (Å²) in [5.74, 6) is 0.470. The van der Waals surface area contributed by atoms with E-state index in [-0.39, 0.29) is 18.6 Å². The average molecular weight is 229 g/mol. The number of nitrogens with zero attached hydrogens (tertiary/aromatic N) is 1. The molecule has 1 aromatic rings. The van der Waals surface area contributed by atoms with Crippen LogP contribution in [0.25, 0.3) is 0 Å². The van der Waals surface area contributed by atoms with Gasteiger partial charge in [0.25, 0.3) is 0 Å². The van der Waals surface area contributed by atoms with E-state index >= 15 is 0 Å². The number of hydrogen-bond donors (Lipinski definition) is 2. The summed E-state index contributed by atoms with van der Waals surface area (Å²) >= 11 is 1.57. The molecule has 0 aliphatic heterocycles. The zero-order valence-electron chi connectivity index (χ0n) is 9.31. The van der Waals surface area contributed by atoms with Gasteiger partial charge in [-0.3, -0.25) is 4.98 Å². The van der Waals surface area contributed by atoms with Crippen molar-refractivity contribution in [3.63, 3.8) is 0 Å². The molecular weight excluding hydrogens is 210 g/mol. The molecule has 0 aliphatic carbocycles. The van der Waals surface area contributed by atoms with Gasteiger partial charge in [-0.2, -0.15) is 0 Å². The Morgan fingerprint density at radius 1 is 1.40 bits per heavy atom. The van der Waals surface area contributed by atoms with E-state index in [0.717, 1.165) is 11.3 Å². The second-order valence-corrected chi connectivity index (χ2v) is 5.53. The van der Waals surface area contributed by atoms with Crippen LogP contribution in [-0.2, 0) is 6.42 Å². The lowest BCUT2D eigenvalue weighted by Gasteiger charge is -2.31. The third kappa shape index (κ3) is 3.55. The Hall–Kier alpha value is -0.450. The van der Waals surface area contributed by atoms with Crippen molar-refractivity contribution in [3.05, 3.63) is 16.6 Å². The highest BCUT2D eigenvalue weighted by Gasteiger charge is 2.30. The molecule has 2 N–H and O–H groups in total. The maximum absolute atomic E-state index is 9.45. The maximum Gasteiger partial charge on any atom is 0.0794 e. The van der Waals surface area contributed by atoms with Gasteiger partial charge >= 0.3 is 0 Å². The fourth-order valence-corrected chi connectivity index (χ4v) is 2.70. The van der Waals surface area contributed by atoms with Gasteiger partial charge in [0.1, 0.15) is 0 Å². The van der Waals surface area contributed by atoms with E-state index in [1.54, 1.807) is 16.8 Å². The first-order valence-electron chi connectivity index (χ1n) is 5.21. The van der Waals surface area contributed by atoms with Crippen LogP contribution in [0.4, 0.5) is 0 Å². The molecule has 0 aliphatic rings. The standard InChI is InChI=1S/C11H19NO2S/c1-9(2)3-11(6-13,7-14)4-10-5-12-8-15-10/h5,8-9,13-14H,3-4,6-7H2,1-2H3. The highest BCUT2D eigenvalue weighted by atomic mass is 32.1. The molecule has 15 heavy (non-hydrogen) atoms. The molecule has 0 unspecified atom stereocenters. The number of aliphatic hydroxyl groups is 2. The van der Waals surface area contributed by atoms with Crippen molar-refractivity contribution in [1.29, 1.82) is 0 Å². The third-order valence-corrected chi connectivity index (χ3v) is 3.32. The highest BCUT2D eigenvalue weighted by molar-refractivity contribution is 7.09. The molecular formula is C11H19NO2S. The zero-order valence-corrected chi connectivity index (χ0v) is 10.1. The number of rotatable bonds is 6. The molecule has 86 valence electrons. The van der Waals surface area contributed by atoms with Crippen LogP contribution in [-0.4, -0.2) is 28.4 Å². The molecule has 0 bridgehead atoms. The predicted molar refractivity (Wildman–Crippen MR) is 61.9 cm³/mol. The lowest BCUT2D eigenvalue weighted by molar-refractivity contribution is 0.0376. The number of hydrogen-bond acceptors (Lipinski definition) is 4. The third-order valence-electron chi connectivity index (χ3n) is 2.54. The molecule has 0 radical (unpaired) electrons. The SMILES string of the molecule is CC(C)CC(CO)(CO)Cc1cncs1. The van der Waals surface area contributed by atoms with E-state index in [0.29, 0.717) is 12.3 Å². The molecule has 3 nitrogen and oxygen atoms in total. The first-order chi connectivity index (χ1) is 7.12. The zero-order chi connectivity index (χ0) is 11.3. The molecule has 0 amide bonds. The summed E-state index contributed by atoms with van der Waals surface area (Å²) in [5.41, 5.74) is 1.39. The summed E-state index contributed by atoms with van der Waals surface area (Å²) in [6, 6.07) is 0. The Bertz CT molecular complexity index is 268. The minimum Gasteiger partial charge on any atom is -0.396 e. The summed E-state index contributed by atoms with van der Waals surface area (Å²) in [5, 5.41) is 18.9. The van der Waals surface area contributed by atoms with E-state index in [4.69, 9.17) is 0 Å². The average Bonchev–Trinajstić information content (AvgIpc) is 2.68. The topological polar surface area (TPSA) is 53.4 Å². The van der Waals surface area contributed by atoms with Gasteiger partial charge in [0.05, 0.1) is 18.7 Å². The van der Waals surface area contributed by atoms with Gasteiger partial charge in [0, 0.05) is 16.5 Å². The first-order valence-corrected chi connectivity index (χ1v) is 6.09. The Labute approximate surface area is 94.8 Å². The van der Waals surface area contributed by atoms with Crippen LogP contribution in [0.5, 0.6) is 0 Å². The fourth-order valence-electron chi connectivity index (χ4n) is 1.93. The van der Waals surface area contributed by atoms with Gasteiger partial charge < -0.3 is 10.2 Å². The van der Waals surface area contributed by atoms with Gasteiger partial charge in [-0.05, 0) is 18.8 Å². The first kappa shape index (κ1) is 12.6. The number of thiazole rings is 1.